The molecular formula is C19H23N3O2. The number of hydrogen-bond donors (Lipinski definition) is 3. The van der Waals surface area contributed by atoms with Gasteiger partial charge in [-0.05, 0) is 43.7 Å². The molecule has 0 radical (unpaired) electrons. The van der Waals surface area contributed by atoms with Crippen molar-refractivity contribution in [2.75, 3.05) is 18.4 Å². The van der Waals surface area contributed by atoms with Crippen molar-refractivity contribution < 1.29 is 9.59 Å². The monoisotopic (exact) mass is 325 g/mol. The number of amides is 2. The molecule has 24 heavy (non-hydrogen) atoms. The third-order valence-corrected chi connectivity index (χ3v) is 3.64. The lowest BCUT2D eigenvalue weighted by Gasteiger charge is -2.14. The summed E-state index contributed by atoms with van der Waals surface area (Å²) in [6.07, 6.45) is 0. The maximum absolute atomic E-state index is 12.0. The zero-order chi connectivity index (χ0) is 17.4. The van der Waals surface area contributed by atoms with Gasteiger partial charge in [0.2, 0.25) is 5.91 Å². The van der Waals surface area contributed by atoms with Crippen LogP contribution in [0.3, 0.4) is 0 Å². The lowest BCUT2D eigenvalue weighted by atomic mass is 10.1. The molecule has 0 aromatic heterocycles. The second kappa shape index (κ2) is 8.84. The molecule has 2 amide bonds. The Morgan fingerprint density at radius 2 is 1.67 bits per heavy atom. The van der Waals surface area contributed by atoms with E-state index >= 15 is 0 Å². The normalized spacial score (nSPS) is 11.6. The molecule has 2 aromatic rings. The van der Waals surface area contributed by atoms with Crippen molar-refractivity contribution in [2.24, 2.45) is 0 Å². The van der Waals surface area contributed by atoms with E-state index in [1.165, 1.54) is 0 Å². The van der Waals surface area contributed by atoms with Gasteiger partial charge in [0.25, 0.3) is 5.91 Å². The average molecular weight is 325 g/mol. The predicted molar refractivity (Wildman–Crippen MR) is 95.9 cm³/mol. The summed E-state index contributed by atoms with van der Waals surface area (Å²) < 4.78 is 0. The van der Waals surface area contributed by atoms with Gasteiger partial charge in [-0.1, -0.05) is 30.3 Å². The fraction of sp³-hybridized carbons (Fsp3) is 0.263. The average Bonchev–Trinajstić information content (AvgIpc) is 2.61. The molecule has 0 aliphatic rings. The molecule has 0 saturated heterocycles. The van der Waals surface area contributed by atoms with E-state index in [1.807, 2.05) is 44.2 Å². The second-order valence-corrected chi connectivity index (χ2v) is 5.50. The standard InChI is InChI=1S/C19H23N3O2/c1-3-20-19(24)16-9-11-17(12-10-16)22-18(23)13-21-14(2)15-7-5-4-6-8-15/h4-12,14,21H,3,13H2,1-2H3,(H,20,24)(H,22,23). The Hall–Kier alpha value is -2.66. The summed E-state index contributed by atoms with van der Waals surface area (Å²) in [7, 11) is 0. The van der Waals surface area contributed by atoms with Gasteiger partial charge in [-0.3, -0.25) is 9.59 Å². The predicted octanol–water partition coefficient (Wildman–Crippen LogP) is 2.73. The second-order valence-electron chi connectivity index (χ2n) is 5.50. The van der Waals surface area contributed by atoms with Crippen molar-refractivity contribution in [3.05, 3.63) is 65.7 Å². The third kappa shape index (κ3) is 5.21. The van der Waals surface area contributed by atoms with E-state index in [0.29, 0.717) is 17.8 Å². The summed E-state index contributed by atoms with van der Waals surface area (Å²) in [5, 5.41) is 8.74. The first-order valence-electron chi connectivity index (χ1n) is 8.06. The van der Waals surface area contributed by atoms with Crippen LogP contribution in [0.2, 0.25) is 0 Å². The Labute approximate surface area is 142 Å². The summed E-state index contributed by atoms with van der Waals surface area (Å²) in [5.41, 5.74) is 2.38. The van der Waals surface area contributed by atoms with Crippen molar-refractivity contribution in [3.8, 4) is 0 Å². The lowest BCUT2D eigenvalue weighted by molar-refractivity contribution is -0.115. The molecule has 0 bridgehead atoms. The Morgan fingerprint density at radius 3 is 2.29 bits per heavy atom. The molecule has 0 spiro atoms. The minimum Gasteiger partial charge on any atom is -0.352 e. The summed E-state index contributed by atoms with van der Waals surface area (Å²) >= 11 is 0. The molecule has 0 aliphatic carbocycles. The maximum Gasteiger partial charge on any atom is 0.251 e. The van der Waals surface area contributed by atoms with Gasteiger partial charge in [0, 0.05) is 23.8 Å². The Kier molecular flexibility index (Phi) is 6.51. The molecule has 5 nitrogen and oxygen atoms in total. The van der Waals surface area contributed by atoms with Gasteiger partial charge in [-0.15, -0.1) is 0 Å². The molecule has 0 heterocycles. The van der Waals surface area contributed by atoms with Crippen molar-refractivity contribution in [2.45, 2.75) is 19.9 Å². The molecule has 1 unspecified atom stereocenters. The molecule has 1 atom stereocenters. The molecule has 2 rings (SSSR count). The van der Waals surface area contributed by atoms with Crippen LogP contribution in [-0.2, 0) is 4.79 Å². The fourth-order valence-corrected chi connectivity index (χ4v) is 2.28. The smallest absolute Gasteiger partial charge is 0.251 e. The van der Waals surface area contributed by atoms with Gasteiger partial charge in [-0.25, -0.2) is 0 Å². The van der Waals surface area contributed by atoms with Crippen LogP contribution < -0.4 is 16.0 Å². The van der Waals surface area contributed by atoms with E-state index in [-0.39, 0.29) is 24.4 Å². The van der Waals surface area contributed by atoms with Crippen LogP contribution in [0.1, 0.15) is 35.8 Å². The number of nitrogens with one attached hydrogen (secondary N) is 3. The highest BCUT2D eigenvalue weighted by atomic mass is 16.2. The van der Waals surface area contributed by atoms with Gasteiger partial charge >= 0.3 is 0 Å². The summed E-state index contributed by atoms with van der Waals surface area (Å²) in [4.78, 5) is 23.7. The van der Waals surface area contributed by atoms with Gasteiger partial charge in [0.1, 0.15) is 0 Å². The van der Waals surface area contributed by atoms with Crippen molar-refractivity contribution >= 4 is 17.5 Å². The van der Waals surface area contributed by atoms with Gasteiger partial charge < -0.3 is 16.0 Å². The van der Waals surface area contributed by atoms with E-state index in [2.05, 4.69) is 16.0 Å². The first-order valence-corrected chi connectivity index (χ1v) is 8.06. The van der Waals surface area contributed by atoms with Crippen LogP contribution in [0.4, 0.5) is 5.69 Å². The van der Waals surface area contributed by atoms with Crippen LogP contribution in [0.25, 0.3) is 0 Å². The summed E-state index contributed by atoms with van der Waals surface area (Å²) in [5.74, 6) is -0.239. The molecule has 126 valence electrons. The topological polar surface area (TPSA) is 70.2 Å². The van der Waals surface area contributed by atoms with Crippen LogP contribution in [0.15, 0.2) is 54.6 Å². The lowest BCUT2D eigenvalue weighted by Crippen LogP contribution is -2.30. The molecule has 0 saturated carbocycles. The van der Waals surface area contributed by atoms with E-state index in [1.54, 1.807) is 24.3 Å². The number of benzene rings is 2. The maximum atomic E-state index is 12.0. The molecule has 5 heteroatoms. The van der Waals surface area contributed by atoms with Crippen LogP contribution >= 0.6 is 0 Å². The van der Waals surface area contributed by atoms with Crippen molar-refractivity contribution in [1.29, 1.82) is 0 Å². The van der Waals surface area contributed by atoms with Gasteiger partial charge in [-0.2, -0.15) is 0 Å². The number of carbonyl (C=O) groups is 2. The van der Waals surface area contributed by atoms with Gasteiger partial charge in [0.15, 0.2) is 0 Å². The first-order chi connectivity index (χ1) is 11.6. The van der Waals surface area contributed by atoms with E-state index < -0.39 is 0 Å². The molecule has 3 N–H and O–H groups in total. The van der Waals surface area contributed by atoms with E-state index in [9.17, 15) is 9.59 Å². The number of hydrogen-bond acceptors (Lipinski definition) is 3. The zero-order valence-electron chi connectivity index (χ0n) is 14.0. The van der Waals surface area contributed by atoms with Crippen LogP contribution in [0.5, 0.6) is 0 Å². The zero-order valence-corrected chi connectivity index (χ0v) is 14.0. The largest absolute Gasteiger partial charge is 0.352 e. The quantitative estimate of drug-likeness (QED) is 0.733. The number of anilines is 1. The SMILES string of the molecule is CCNC(=O)c1ccc(NC(=O)CNC(C)c2ccccc2)cc1. The van der Waals surface area contributed by atoms with E-state index in [0.717, 1.165) is 5.56 Å². The van der Waals surface area contributed by atoms with Crippen LogP contribution in [0, 0.1) is 0 Å². The molecule has 0 fully saturated rings. The van der Waals surface area contributed by atoms with Crippen molar-refractivity contribution in [1.82, 2.24) is 10.6 Å². The highest BCUT2D eigenvalue weighted by molar-refractivity contribution is 5.96. The molecule has 2 aromatic carbocycles. The summed E-state index contributed by atoms with van der Waals surface area (Å²) in [6.45, 7) is 4.69. The first kappa shape index (κ1) is 17.7. The highest BCUT2D eigenvalue weighted by Gasteiger charge is 2.08. The molecular weight excluding hydrogens is 302 g/mol. The van der Waals surface area contributed by atoms with E-state index in [4.69, 9.17) is 0 Å². The Balaban J connectivity index is 1.83. The van der Waals surface area contributed by atoms with Crippen LogP contribution in [-0.4, -0.2) is 24.9 Å². The fourth-order valence-electron chi connectivity index (χ4n) is 2.28. The minimum atomic E-state index is -0.122. The highest BCUT2D eigenvalue weighted by Crippen LogP contribution is 2.11. The third-order valence-electron chi connectivity index (χ3n) is 3.64. The number of carbonyl (C=O) groups excluding carboxylic acids is 2. The Morgan fingerprint density at radius 1 is 1.00 bits per heavy atom. The Bertz CT molecular complexity index is 669. The molecule has 0 aliphatic heterocycles. The summed E-state index contributed by atoms with van der Waals surface area (Å²) in [6, 6.07) is 16.9. The number of rotatable bonds is 7. The minimum absolute atomic E-state index is 0.0945. The van der Waals surface area contributed by atoms with Crippen molar-refractivity contribution in [3.63, 3.8) is 0 Å². The van der Waals surface area contributed by atoms with Gasteiger partial charge in [0.05, 0.1) is 6.54 Å².